The van der Waals surface area contributed by atoms with Crippen LogP contribution in [-0.2, 0) is 4.79 Å². The van der Waals surface area contributed by atoms with E-state index in [1.165, 1.54) is 18.2 Å². The highest BCUT2D eigenvalue weighted by molar-refractivity contribution is 6.01. The summed E-state index contributed by atoms with van der Waals surface area (Å²) < 4.78 is 19.1. The highest BCUT2D eigenvalue weighted by atomic mass is 19.1. The van der Waals surface area contributed by atoms with Gasteiger partial charge in [-0.3, -0.25) is 4.79 Å². The standard InChI is InChI=1S/C19H21FN4O3/c1-11-17(18(25)22-15-8-7-12(20)9-16(15)27-11)23-19(26)21-13-5-4-6-14(10-13)24(2)3/h4-11,17H,1-3H3,(H,22,25)(H2,21,23,26)/t11-,17+/m0/s1. The van der Waals surface area contributed by atoms with Crippen molar-refractivity contribution in [2.75, 3.05) is 29.6 Å². The van der Waals surface area contributed by atoms with Gasteiger partial charge in [0, 0.05) is 31.5 Å². The second-order valence-electron chi connectivity index (χ2n) is 6.47. The Balaban J connectivity index is 1.70. The minimum Gasteiger partial charge on any atom is -0.486 e. The number of benzene rings is 2. The van der Waals surface area contributed by atoms with Crippen LogP contribution in [0.25, 0.3) is 0 Å². The summed E-state index contributed by atoms with van der Waals surface area (Å²) in [6.07, 6.45) is -0.688. The molecule has 3 amide bonds. The summed E-state index contributed by atoms with van der Waals surface area (Å²) in [5.74, 6) is -0.690. The van der Waals surface area contributed by atoms with Crippen molar-refractivity contribution in [2.24, 2.45) is 0 Å². The molecule has 3 N–H and O–H groups in total. The number of rotatable bonds is 3. The van der Waals surface area contributed by atoms with E-state index in [0.717, 1.165) is 5.69 Å². The molecule has 0 aliphatic carbocycles. The lowest BCUT2D eigenvalue weighted by Gasteiger charge is -2.22. The number of fused-ring (bicyclic) bond motifs is 1. The van der Waals surface area contributed by atoms with Crippen LogP contribution in [0.4, 0.5) is 26.2 Å². The first-order chi connectivity index (χ1) is 12.8. The van der Waals surface area contributed by atoms with Crippen LogP contribution < -0.4 is 25.6 Å². The number of hydrogen-bond donors (Lipinski definition) is 3. The van der Waals surface area contributed by atoms with Gasteiger partial charge in [-0.2, -0.15) is 0 Å². The molecule has 2 atom stereocenters. The van der Waals surface area contributed by atoms with E-state index >= 15 is 0 Å². The summed E-state index contributed by atoms with van der Waals surface area (Å²) in [7, 11) is 3.79. The summed E-state index contributed by atoms with van der Waals surface area (Å²) in [5, 5.41) is 7.96. The number of carbonyl (C=O) groups excluding carboxylic acids is 2. The van der Waals surface area contributed by atoms with Crippen molar-refractivity contribution in [3.8, 4) is 5.75 Å². The van der Waals surface area contributed by atoms with Gasteiger partial charge in [-0.1, -0.05) is 6.07 Å². The molecule has 1 heterocycles. The highest BCUT2D eigenvalue weighted by Gasteiger charge is 2.32. The molecule has 0 saturated heterocycles. The Kier molecular flexibility index (Phi) is 5.16. The lowest BCUT2D eigenvalue weighted by molar-refractivity contribution is -0.119. The molecule has 142 valence electrons. The molecule has 8 heteroatoms. The Morgan fingerprint density at radius 2 is 2.00 bits per heavy atom. The summed E-state index contributed by atoms with van der Waals surface area (Å²) in [6.45, 7) is 1.64. The molecule has 0 aromatic heterocycles. The van der Waals surface area contributed by atoms with Gasteiger partial charge >= 0.3 is 6.03 Å². The van der Waals surface area contributed by atoms with E-state index in [1.807, 2.05) is 37.2 Å². The molecule has 7 nitrogen and oxygen atoms in total. The van der Waals surface area contributed by atoms with E-state index in [0.29, 0.717) is 11.4 Å². The molecule has 0 bridgehead atoms. The second kappa shape index (κ2) is 7.53. The van der Waals surface area contributed by atoms with E-state index in [4.69, 9.17) is 4.74 Å². The number of hydrogen-bond acceptors (Lipinski definition) is 4. The zero-order valence-electron chi connectivity index (χ0n) is 15.2. The van der Waals surface area contributed by atoms with E-state index in [9.17, 15) is 14.0 Å². The smallest absolute Gasteiger partial charge is 0.320 e. The van der Waals surface area contributed by atoms with Gasteiger partial charge in [0.05, 0.1) is 5.69 Å². The van der Waals surface area contributed by atoms with Crippen molar-refractivity contribution in [3.63, 3.8) is 0 Å². The number of anilines is 3. The van der Waals surface area contributed by atoms with Gasteiger partial charge in [0.2, 0.25) is 0 Å². The summed E-state index contributed by atoms with van der Waals surface area (Å²) in [6, 6.07) is 9.64. The van der Waals surface area contributed by atoms with Gasteiger partial charge in [-0.15, -0.1) is 0 Å². The van der Waals surface area contributed by atoms with Crippen LogP contribution in [0.5, 0.6) is 5.75 Å². The van der Waals surface area contributed by atoms with Crippen molar-refractivity contribution < 1.29 is 18.7 Å². The topological polar surface area (TPSA) is 82.7 Å². The molecular formula is C19H21FN4O3. The monoisotopic (exact) mass is 372 g/mol. The predicted octanol–water partition coefficient (Wildman–Crippen LogP) is 2.80. The first-order valence-electron chi connectivity index (χ1n) is 8.45. The van der Waals surface area contributed by atoms with Gasteiger partial charge in [-0.05, 0) is 37.3 Å². The minimum atomic E-state index is -0.947. The molecule has 0 radical (unpaired) electrons. The van der Waals surface area contributed by atoms with Crippen molar-refractivity contribution in [2.45, 2.75) is 19.1 Å². The number of amides is 3. The van der Waals surface area contributed by atoms with Crippen LogP contribution in [0.15, 0.2) is 42.5 Å². The van der Waals surface area contributed by atoms with Crippen LogP contribution in [0, 0.1) is 5.82 Å². The summed E-state index contributed by atoms with van der Waals surface area (Å²) in [5.41, 5.74) is 1.87. The van der Waals surface area contributed by atoms with Gasteiger partial charge in [0.1, 0.15) is 23.7 Å². The maximum absolute atomic E-state index is 13.4. The Labute approximate surface area is 156 Å². The fraction of sp³-hybridized carbons (Fsp3) is 0.263. The molecule has 2 aromatic carbocycles. The maximum atomic E-state index is 13.4. The van der Waals surface area contributed by atoms with Gasteiger partial charge < -0.3 is 25.6 Å². The first-order valence-corrected chi connectivity index (χ1v) is 8.45. The normalized spacial score (nSPS) is 18.4. The molecule has 1 aliphatic heterocycles. The number of nitrogens with one attached hydrogen (secondary N) is 3. The van der Waals surface area contributed by atoms with Crippen molar-refractivity contribution in [1.29, 1.82) is 0 Å². The van der Waals surface area contributed by atoms with Crippen molar-refractivity contribution in [3.05, 3.63) is 48.3 Å². The van der Waals surface area contributed by atoms with Gasteiger partial charge in [-0.25, -0.2) is 9.18 Å². The van der Waals surface area contributed by atoms with Crippen molar-refractivity contribution >= 4 is 29.0 Å². The van der Waals surface area contributed by atoms with Crippen LogP contribution in [0.2, 0.25) is 0 Å². The Bertz CT molecular complexity index is 872. The molecule has 0 unspecified atom stereocenters. The molecular weight excluding hydrogens is 351 g/mol. The summed E-state index contributed by atoms with van der Waals surface area (Å²) in [4.78, 5) is 26.7. The number of carbonyl (C=O) groups is 2. The minimum absolute atomic E-state index is 0.222. The van der Waals surface area contributed by atoms with Crippen LogP contribution in [0.1, 0.15) is 6.92 Å². The number of nitrogens with zero attached hydrogens (tertiary/aromatic N) is 1. The fourth-order valence-electron chi connectivity index (χ4n) is 2.74. The molecule has 0 saturated carbocycles. The Hall–Kier alpha value is -3.29. The van der Waals surface area contributed by atoms with E-state index in [1.54, 1.807) is 13.0 Å². The third-order valence-corrected chi connectivity index (χ3v) is 4.17. The third kappa shape index (κ3) is 4.28. The Morgan fingerprint density at radius 1 is 1.22 bits per heavy atom. The number of halogens is 1. The third-order valence-electron chi connectivity index (χ3n) is 4.17. The van der Waals surface area contributed by atoms with Crippen molar-refractivity contribution in [1.82, 2.24) is 5.32 Å². The zero-order valence-corrected chi connectivity index (χ0v) is 15.2. The van der Waals surface area contributed by atoms with Crippen LogP contribution in [-0.4, -0.2) is 38.2 Å². The quantitative estimate of drug-likeness (QED) is 0.774. The van der Waals surface area contributed by atoms with Gasteiger partial charge in [0.25, 0.3) is 5.91 Å². The molecule has 3 rings (SSSR count). The first kappa shape index (κ1) is 18.5. The number of ether oxygens (including phenoxy) is 1. The molecule has 2 aromatic rings. The average Bonchev–Trinajstić information content (AvgIpc) is 2.72. The van der Waals surface area contributed by atoms with E-state index in [-0.39, 0.29) is 5.75 Å². The SMILES string of the molecule is C[C@@H]1Oc2cc(F)ccc2NC(=O)[C@@H]1NC(=O)Nc1cccc(N(C)C)c1. The lowest BCUT2D eigenvalue weighted by atomic mass is 10.1. The Morgan fingerprint density at radius 3 is 2.74 bits per heavy atom. The van der Waals surface area contributed by atoms with Crippen LogP contribution >= 0.6 is 0 Å². The van der Waals surface area contributed by atoms with Crippen LogP contribution in [0.3, 0.4) is 0 Å². The molecule has 27 heavy (non-hydrogen) atoms. The van der Waals surface area contributed by atoms with E-state index in [2.05, 4.69) is 16.0 Å². The average molecular weight is 372 g/mol. The summed E-state index contributed by atoms with van der Waals surface area (Å²) >= 11 is 0. The lowest BCUT2D eigenvalue weighted by Crippen LogP contribution is -2.52. The largest absolute Gasteiger partial charge is 0.486 e. The highest BCUT2D eigenvalue weighted by Crippen LogP contribution is 2.29. The molecule has 0 spiro atoms. The molecule has 0 fully saturated rings. The second-order valence-corrected chi connectivity index (χ2v) is 6.47. The maximum Gasteiger partial charge on any atom is 0.320 e. The van der Waals surface area contributed by atoms with E-state index < -0.39 is 29.9 Å². The van der Waals surface area contributed by atoms with Gasteiger partial charge in [0.15, 0.2) is 0 Å². The fourth-order valence-corrected chi connectivity index (χ4v) is 2.74. The molecule has 1 aliphatic rings. The number of urea groups is 1. The predicted molar refractivity (Wildman–Crippen MR) is 102 cm³/mol. The zero-order chi connectivity index (χ0) is 19.6.